The first-order chi connectivity index (χ1) is 11.9. The first-order valence-corrected chi connectivity index (χ1v) is 7.62. The van der Waals surface area contributed by atoms with Gasteiger partial charge in [-0.2, -0.15) is 0 Å². The summed E-state index contributed by atoms with van der Waals surface area (Å²) in [5.41, 5.74) is -0.626. The Morgan fingerprint density at radius 3 is 2.76 bits per heavy atom. The van der Waals surface area contributed by atoms with Crippen LogP contribution in [0, 0.1) is 17.8 Å². The summed E-state index contributed by atoms with van der Waals surface area (Å²) in [5.74, 6) is 3.64. The predicted octanol–water partition coefficient (Wildman–Crippen LogP) is 0.215. The zero-order chi connectivity index (χ0) is 18.1. The number of carboxylic acids is 1. The van der Waals surface area contributed by atoms with Crippen molar-refractivity contribution < 1.29 is 19.8 Å². The van der Waals surface area contributed by atoms with Crippen molar-refractivity contribution in [3.8, 4) is 17.6 Å². The summed E-state index contributed by atoms with van der Waals surface area (Å²) in [4.78, 5) is 39.3. The van der Waals surface area contributed by atoms with Gasteiger partial charge in [0.2, 0.25) is 0 Å². The lowest BCUT2D eigenvalue weighted by atomic mass is 10.1. The Balaban J connectivity index is 2.08. The second-order valence-corrected chi connectivity index (χ2v) is 5.78. The highest BCUT2D eigenvalue weighted by atomic mass is 16.4. The molecule has 0 atom stereocenters. The normalized spacial score (nSPS) is 13.2. The van der Waals surface area contributed by atoms with Gasteiger partial charge in [-0.15, -0.1) is 0 Å². The van der Waals surface area contributed by atoms with E-state index in [-0.39, 0.29) is 11.0 Å². The molecule has 0 spiro atoms. The van der Waals surface area contributed by atoms with Crippen LogP contribution in [0.1, 0.15) is 28.9 Å². The van der Waals surface area contributed by atoms with Gasteiger partial charge in [0, 0.05) is 13.0 Å². The molecule has 1 aliphatic rings. The molecule has 25 heavy (non-hydrogen) atoms. The second kappa shape index (κ2) is 6.28. The maximum atomic E-state index is 12.4. The van der Waals surface area contributed by atoms with Crippen LogP contribution in [0.2, 0.25) is 0 Å². The van der Waals surface area contributed by atoms with E-state index in [4.69, 9.17) is 5.11 Å². The molecule has 0 saturated heterocycles. The first kappa shape index (κ1) is 16.5. The van der Waals surface area contributed by atoms with Crippen LogP contribution in [0.3, 0.4) is 0 Å². The number of hydrogen-bond acceptors (Lipinski definition) is 5. The van der Waals surface area contributed by atoms with Crippen molar-refractivity contribution in [1.29, 1.82) is 0 Å². The van der Waals surface area contributed by atoms with E-state index >= 15 is 0 Å². The van der Waals surface area contributed by atoms with E-state index in [9.17, 15) is 19.5 Å². The predicted molar refractivity (Wildman–Crippen MR) is 88.2 cm³/mol. The van der Waals surface area contributed by atoms with Gasteiger partial charge in [-0.05, 0) is 30.9 Å². The Labute approximate surface area is 142 Å². The fourth-order valence-corrected chi connectivity index (χ4v) is 2.31. The number of rotatable bonds is 3. The SMILES string of the molecule is Cn1c(=O)c(C(=O)NCC(=O)O)c(O)c2ccc(C#CC3CC3)nc21. The molecule has 2 heterocycles. The Hall–Kier alpha value is -3.34. The molecule has 0 aromatic carbocycles. The Morgan fingerprint density at radius 2 is 2.12 bits per heavy atom. The number of aromatic hydroxyl groups is 1. The molecule has 0 unspecified atom stereocenters. The quantitative estimate of drug-likeness (QED) is 0.687. The molecular formula is C17H15N3O5. The number of aliphatic carboxylic acids is 1. The molecule has 1 saturated carbocycles. The third-order valence-electron chi connectivity index (χ3n) is 3.81. The number of carboxylic acid groups (broad SMARTS) is 1. The van der Waals surface area contributed by atoms with E-state index in [1.54, 1.807) is 6.07 Å². The minimum absolute atomic E-state index is 0.194. The average molecular weight is 341 g/mol. The van der Waals surface area contributed by atoms with Crippen LogP contribution in [0.4, 0.5) is 0 Å². The molecule has 3 rings (SSSR count). The minimum Gasteiger partial charge on any atom is -0.506 e. The van der Waals surface area contributed by atoms with Crippen molar-refractivity contribution in [3.63, 3.8) is 0 Å². The van der Waals surface area contributed by atoms with Gasteiger partial charge in [0.05, 0.1) is 5.39 Å². The number of pyridine rings is 2. The molecule has 8 nitrogen and oxygen atoms in total. The molecule has 1 fully saturated rings. The summed E-state index contributed by atoms with van der Waals surface area (Å²) in [7, 11) is 1.42. The van der Waals surface area contributed by atoms with Crippen molar-refractivity contribution in [2.75, 3.05) is 6.54 Å². The zero-order valence-corrected chi connectivity index (χ0v) is 13.4. The maximum Gasteiger partial charge on any atom is 0.322 e. The van der Waals surface area contributed by atoms with Gasteiger partial charge < -0.3 is 15.5 Å². The molecule has 1 aliphatic carbocycles. The van der Waals surface area contributed by atoms with Crippen molar-refractivity contribution in [2.45, 2.75) is 12.8 Å². The van der Waals surface area contributed by atoms with Crippen molar-refractivity contribution in [3.05, 3.63) is 33.7 Å². The topological polar surface area (TPSA) is 122 Å². The molecule has 128 valence electrons. The monoisotopic (exact) mass is 341 g/mol. The molecule has 1 amide bonds. The van der Waals surface area contributed by atoms with Gasteiger partial charge in [-0.3, -0.25) is 19.0 Å². The van der Waals surface area contributed by atoms with E-state index in [1.165, 1.54) is 13.1 Å². The molecule has 3 N–H and O–H groups in total. The number of carbonyl (C=O) groups excluding carboxylic acids is 1. The van der Waals surface area contributed by atoms with Crippen LogP contribution in [0.5, 0.6) is 5.75 Å². The third kappa shape index (κ3) is 3.30. The highest BCUT2D eigenvalue weighted by molar-refractivity contribution is 6.02. The summed E-state index contributed by atoms with van der Waals surface area (Å²) >= 11 is 0. The standard InChI is InChI=1S/C17H15N3O5/c1-20-15-11(7-6-10(19-15)5-4-9-2-3-9)14(23)13(17(20)25)16(24)18-8-12(21)22/h6-7,9,23H,2-3,8H2,1H3,(H,18,24)(H,21,22). The van der Waals surface area contributed by atoms with Crippen LogP contribution >= 0.6 is 0 Å². The lowest BCUT2D eigenvalue weighted by molar-refractivity contribution is -0.135. The van der Waals surface area contributed by atoms with Gasteiger partial charge >= 0.3 is 5.97 Å². The lowest BCUT2D eigenvalue weighted by Crippen LogP contribution is -2.35. The largest absolute Gasteiger partial charge is 0.506 e. The van der Waals surface area contributed by atoms with Crippen LogP contribution in [-0.4, -0.2) is 38.2 Å². The third-order valence-corrected chi connectivity index (χ3v) is 3.81. The van der Waals surface area contributed by atoms with Gasteiger partial charge in [0.25, 0.3) is 11.5 Å². The van der Waals surface area contributed by atoms with Gasteiger partial charge in [0.15, 0.2) is 0 Å². The summed E-state index contributed by atoms with van der Waals surface area (Å²) < 4.78 is 1.13. The highest BCUT2D eigenvalue weighted by Gasteiger charge is 2.22. The summed E-state index contributed by atoms with van der Waals surface area (Å²) in [6.45, 7) is -0.659. The van der Waals surface area contributed by atoms with Gasteiger partial charge in [0.1, 0.15) is 29.2 Å². The summed E-state index contributed by atoms with van der Waals surface area (Å²) in [6.07, 6.45) is 2.16. The van der Waals surface area contributed by atoms with Crippen molar-refractivity contribution in [1.82, 2.24) is 14.9 Å². The van der Waals surface area contributed by atoms with E-state index in [2.05, 4.69) is 22.1 Å². The molecule has 8 heteroatoms. The molecule has 2 aromatic rings. The average Bonchev–Trinajstić information content (AvgIpc) is 3.40. The number of nitrogens with one attached hydrogen (secondary N) is 1. The second-order valence-electron chi connectivity index (χ2n) is 5.78. The zero-order valence-electron chi connectivity index (χ0n) is 13.4. The van der Waals surface area contributed by atoms with E-state index in [0.29, 0.717) is 11.6 Å². The Kier molecular flexibility index (Phi) is 4.15. The smallest absolute Gasteiger partial charge is 0.322 e. The Morgan fingerprint density at radius 1 is 1.40 bits per heavy atom. The molecule has 0 aliphatic heterocycles. The Bertz CT molecular complexity index is 1010. The molecule has 2 aromatic heterocycles. The van der Waals surface area contributed by atoms with E-state index < -0.39 is 35.3 Å². The number of hydrogen-bond donors (Lipinski definition) is 3. The molecule has 0 radical (unpaired) electrons. The number of aromatic nitrogens is 2. The van der Waals surface area contributed by atoms with E-state index in [1.807, 2.05) is 0 Å². The molecular weight excluding hydrogens is 326 g/mol. The van der Waals surface area contributed by atoms with Gasteiger partial charge in [-0.1, -0.05) is 5.92 Å². The van der Waals surface area contributed by atoms with Crippen LogP contribution in [-0.2, 0) is 11.8 Å². The van der Waals surface area contributed by atoms with Crippen LogP contribution in [0.25, 0.3) is 11.0 Å². The molecule has 0 bridgehead atoms. The first-order valence-electron chi connectivity index (χ1n) is 7.62. The van der Waals surface area contributed by atoms with Crippen molar-refractivity contribution in [2.24, 2.45) is 13.0 Å². The van der Waals surface area contributed by atoms with Crippen molar-refractivity contribution >= 4 is 22.9 Å². The number of aryl methyl sites for hydroxylation is 1. The maximum absolute atomic E-state index is 12.4. The highest BCUT2D eigenvalue weighted by Crippen LogP contribution is 2.28. The van der Waals surface area contributed by atoms with Crippen LogP contribution < -0.4 is 10.9 Å². The van der Waals surface area contributed by atoms with Gasteiger partial charge in [-0.25, -0.2) is 4.98 Å². The number of amides is 1. The number of carbonyl (C=O) groups is 2. The van der Waals surface area contributed by atoms with Crippen LogP contribution in [0.15, 0.2) is 16.9 Å². The lowest BCUT2D eigenvalue weighted by Gasteiger charge is -2.11. The number of fused-ring (bicyclic) bond motifs is 1. The number of nitrogens with zero attached hydrogens (tertiary/aromatic N) is 2. The van der Waals surface area contributed by atoms with E-state index in [0.717, 1.165) is 17.4 Å². The fraction of sp³-hybridized carbons (Fsp3) is 0.294. The summed E-state index contributed by atoms with van der Waals surface area (Å²) in [6, 6.07) is 3.13. The minimum atomic E-state index is -1.26. The summed E-state index contributed by atoms with van der Waals surface area (Å²) in [5, 5.41) is 21.2. The fourth-order valence-electron chi connectivity index (χ4n) is 2.31.